The summed E-state index contributed by atoms with van der Waals surface area (Å²) in [5.74, 6) is -0.178. The molecule has 0 aliphatic carbocycles. The van der Waals surface area contributed by atoms with Crippen LogP contribution in [0.1, 0.15) is 11.5 Å². The Morgan fingerprint density at radius 1 is 1.39 bits per heavy atom. The molecule has 1 aromatic carbocycles. The summed E-state index contributed by atoms with van der Waals surface area (Å²) in [7, 11) is -3.12. The second-order valence-electron chi connectivity index (χ2n) is 5.19. The van der Waals surface area contributed by atoms with Crippen LogP contribution in [0.25, 0.3) is 11.5 Å². The lowest BCUT2D eigenvalue weighted by molar-refractivity contribution is -0.120. The Balaban J connectivity index is 2.02. The first-order valence-corrected chi connectivity index (χ1v) is 8.97. The van der Waals surface area contributed by atoms with Gasteiger partial charge in [0.2, 0.25) is 11.8 Å². The van der Waals surface area contributed by atoms with Crippen molar-refractivity contribution in [3.8, 4) is 11.5 Å². The average molecular weight is 340 g/mol. The predicted octanol–water partition coefficient (Wildman–Crippen LogP) is 1.49. The number of carbonyl (C=O) groups excluding carboxylic acids is 1. The lowest BCUT2D eigenvalue weighted by Gasteiger charge is -2.02. The van der Waals surface area contributed by atoms with Gasteiger partial charge in [-0.1, -0.05) is 6.07 Å². The molecule has 8 heteroatoms. The van der Waals surface area contributed by atoms with Crippen LogP contribution in [0, 0.1) is 12.7 Å². The van der Waals surface area contributed by atoms with E-state index in [1.807, 2.05) is 0 Å². The second kappa shape index (κ2) is 6.91. The second-order valence-corrected chi connectivity index (χ2v) is 7.45. The number of aryl methyl sites for hydroxylation is 1. The molecule has 1 heterocycles. The minimum Gasteiger partial charge on any atom is -0.441 e. The summed E-state index contributed by atoms with van der Waals surface area (Å²) >= 11 is 0. The van der Waals surface area contributed by atoms with Gasteiger partial charge in [0, 0.05) is 18.4 Å². The van der Waals surface area contributed by atoms with Crippen LogP contribution in [0.15, 0.2) is 28.7 Å². The van der Waals surface area contributed by atoms with Gasteiger partial charge < -0.3 is 9.73 Å². The molecule has 0 bridgehead atoms. The van der Waals surface area contributed by atoms with E-state index in [1.165, 1.54) is 12.1 Å². The number of aromatic nitrogens is 1. The fraction of sp³-hybridized carbons (Fsp3) is 0.333. The van der Waals surface area contributed by atoms with Gasteiger partial charge in [0.05, 0.1) is 17.9 Å². The monoisotopic (exact) mass is 340 g/mol. The molecule has 2 rings (SSSR count). The molecule has 0 unspecified atom stereocenters. The van der Waals surface area contributed by atoms with Gasteiger partial charge in [0.1, 0.15) is 21.4 Å². The van der Waals surface area contributed by atoms with E-state index in [-0.39, 0.29) is 30.5 Å². The van der Waals surface area contributed by atoms with E-state index < -0.39 is 15.7 Å². The molecular weight excluding hydrogens is 323 g/mol. The zero-order chi connectivity index (χ0) is 17.0. The van der Waals surface area contributed by atoms with E-state index in [2.05, 4.69) is 10.3 Å². The zero-order valence-corrected chi connectivity index (χ0v) is 13.6. The van der Waals surface area contributed by atoms with Gasteiger partial charge >= 0.3 is 0 Å². The molecule has 124 valence electrons. The van der Waals surface area contributed by atoms with E-state index in [0.717, 1.165) is 6.26 Å². The van der Waals surface area contributed by atoms with Crippen LogP contribution in [-0.4, -0.2) is 37.9 Å². The van der Waals surface area contributed by atoms with Gasteiger partial charge in [-0.05, 0) is 25.1 Å². The lowest BCUT2D eigenvalue weighted by atomic mass is 10.2. The fourth-order valence-corrected chi connectivity index (χ4v) is 2.40. The molecule has 0 saturated heterocycles. The number of amides is 1. The van der Waals surface area contributed by atoms with Crippen LogP contribution in [-0.2, 0) is 21.1 Å². The van der Waals surface area contributed by atoms with E-state index in [0.29, 0.717) is 17.0 Å². The SMILES string of the molecule is Cc1oc(-c2cccc(F)c2)nc1CC(=O)NCCS(C)(=O)=O. The zero-order valence-electron chi connectivity index (χ0n) is 12.8. The molecule has 23 heavy (non-hydrogen) atoms. The Labute approximate surface area is 133 Å². The Kier molecular flexibility index (Phi) is 5.15. The number of sulfone groups is 1. The number of nitrogens with zero attached hydrogens (tertiary/aromatic N) is 1. The van der Waals surface area contributed by atoms with Gasteiger partial charge in [0.25, 0.3) is 0 Å². The number of hydrogen-bond donors (Lipinski definition) is 1. The van der Waals surface area contributed by atoms with E-state index >= 15 is 0 Å². The normalized spacial score (nSPS) is 11.4. The smallest absolute Gasteiger partial charge is 0.226 e. The van der Waals surface area contributed by atoms with Crippen molar-refractivity contribution in [2.24, 2.45) is 0 Å². The Morgan fingerprint density at radius 3 is 2.78 bits per heavy atom. The lowest BCUT2D eigenvalue weighted by Crippen LogP contribution is -2.30. The molecule has 0 aliphatic rings. The minimum absolute atomic E-state index is 0.0333. The Hall–Kier alpha value is -2.22. The predicted molar refractivity (Wildman–Crippen MR) is 83.1 cm³/mol. The third-order valence-electron chi connectivity index (χ3n) is 3.09. The Morgan fingerprint density at radius 2 is 2.13 bits per heavy atom. The van der Waals surface area contributed by atoms with Crippen LogP contribution in [0.2, 0.25) is 0 Å². The van der Waals surface area contributed by atoms with Crippen LogP contribution in [0.3, 0.4) is 0 Å². The first kappa shape index (κ1) is 17.1. The van der Waals surface area contributed by atoms with Gasteiger partial charge in [-0.2, -0.15) is 0 Å². The molecule has 0 radical (unpaired) electrons. The maximum atomic E-state index is 13.2. The molecule has 0 fully saturated rings. The van der Waals surface area contributed by atoms with Crippen molar-refractivity contribution >= 4 is 15.7 Å². The number of halogens is 1. The van der Waals surface area contributed by atoms with E-state index in [4.69, 9.17) is 4.42 Å². The van der Waals surface area contributed by atoms with Crippen molar-refractivity contribution < 1.29 is 22.0 Å². The van der Waals surface area contributed by atoms with Crippen molar-refractivity contribution in [3.63, 3.8) is 0 Å². The highest BCUT2D eigenvalue weighted by molar-refractivity contribution is 7.90. The first-order chi connectivity index (χ1) is 10.7. The van der Waals surface area contributed by atoms with Gasteiger partial charge in [-0.3, -0.25) is 4.79 Å². The van der Waals surface area contributed by atoms with Crippen molar-refractivity contribution in [1.82, 2.24) is 10.3 Å². The Bertz CT molecular complexity index is 815. The summed E-state index contributed by atoms with van der Waals surface area (Å²) in [6, 6.07) is 5.81. The van der Waals surface area contributed by atoms with E-state index in [9.17, 15) is 17.6 Å². The fourth-order valence-electron chi connectivity index (χ4n) is 1.93. The van der Waals surface area contributed by atoms with Crippen molar-refractivity contribution in [3.05, 3.63) is 41.5 Å². The molecule has 0 aliphatic heterocycles. The highest BCUT2D eigenvalue weighted by Crippen LogP contribution is 2.22. The number of benzene rings is 1. The maximum Gasteiger partial charge on any atom is 0.226 e. The molecule has 1 aromatic heterocycles. The topological polar surface area (TPSA) is 89.3 Å². The molecule has 0 saturated carbocycles. The van der Waals surface area contributed by atoms with Crippen molar-refractivity contribution in [2.75, 3.05) is 18.6 Å². The number of nitrogens with one attached hydrogen (secondary N) is 1. The third-order valence-corrected chi connectivity index (χ3v) is 4.03. The standard InChI is InChI=1S/C15H17FN2O4S/c1-10-13(9-14(19)17-6-7-23(2,20)21)18-15(22-10)11-4-3-5-12(16)8-11/h3-5,8H,6-7,9H2,1-2H3,(H,17,19). The van der Waals surface area contributed by atoms with Crippen molar-refractivity contribution in [1.29, 1.82) is 0 Å². The number of rotatable bonds is 6. The molecule has 6 nitrogen and oxygen atoms in total. The molecule has 1 N–H and O–H groups in total. The molecule has 1 amide bonds. The highest BCUT2D eigenvalue weighted by Gasteiger charge is 2.15. The van der Waals surface area contributed by atoms with Gasteiger partial charge in [0.15, 0.2) is 0 Å². The third kappa shape index (κ3) is 5.17. The number of carbonyl (C=O) groups is 1. The van der Waals surface area contributed by atoms with Crippen LogP contribution in [0.5, 0.6) is 0 Å². The van der Waals surface area contributed by atoms with Crippen LogP contribution >= 0.6 is 0 Å². The largest absolute Gasteiger partial charge is 0.441 e. The maximum absolute atomic E-state index is 13.2. The summed E-state index contributed by atoms with van der Waals surface area (Å²) in [5.41, 5.74) is 0.915. The molecular formula is C15H17FN2O4S. The summed E-state index contributed by atoms with van der Waals surface area (Å²) in [4.78, 5) is 16.0. The summed E-state index contributed by atoms with van der Waals surface area (Å²) in [5, 5.41) is 2.51. The first-order valence-electron chi connectivity index (χ1n) is 6.91. The molecule has 2 aromatic rings. The van der Waals surface area contributed by atoms with Gasteiger partial charge in [-0.15, -0.1) is 0 Å². The minimum atomic E-state index is -3.12. The van der Waals surface area contributed by atoms with Gasteiger partial charge in [-0.25, -0.2) is 17.8 Å². The number of oxazole rings is 1. The quantitative estimate of drug-likeness (QED) is 0.860. The summed E-state index contributed by atoms with van der Waals surface area (Å²) in [6.07, 6.45) is 1.07. The average Bonchev–Trinajstić information content (AvgIpc) is 2.79. The summed E-state index contributed by atoms with van der Waals surface area (Å²) in [6.45, 7) is 1.71. The number of hydrogen-bond acceptors (Lipinski definition) is 5. The highest BCUT2D eigenvalue weighted by atomic mass is 32.2. The van der Waals surface area contributed by atoms with Crippen LogP contribution in [0.4, 0.5) is 4.39 Å². The van der Waals surface area contributed by atoms with Crippen LogP contribution < -0.4 is 5.32 Å². The molecule has 0 spiro atoms. The summed E-state index contributed by atoms with van der Waals surface area (Å²) < 4.78 is 40.7. The van der Waals surface area contributed by atoms with E-state index in [1.54, 1.807) is 19.1 Å². The molecule has 0 atom stereocenters. The van der Waals surface area contributed by atoms with Crippen molar-refractivity contribution in [2.45, 2.75) is 13.3 Å².